The molecule has 1 aromatic carbocycles. The van der Waals surface area contributed by atoms with Crippen molar-refractivity contribution in [2.45, 2.75) is 329 Å². The normalized spacial score (nSPS) is 12.5. The van der Waals surface area contributed by atoms with Crippen molar-refractivity contribution in [2.24, 2.45) is 0 Å². The van der Waals surface area contributed by atoms with Gasteiger partial charge in [0.15, 0.2) is 0 Å². The van der Waals surface area contributed by atoms with Crippen molar-refractivity contribution in [1.29, 1.82) is 0 Å². The van der Waals surface area contributed by atoms with Crippen molar-refractivity contribution < 1.29 is 18.7 Å². The maximum absolute atomic E-state index is 14.5. The molecule has 378 valence electrons. The molecule has 4 nitrogen and oxygen atoms in total. The molecule has 0 aliphatic heterocycles. The second-order valence-corrected chi connectivity index (χ2v) is 24.5. The van der Waals surface area contributed by atoms with Gasteiger partial charge >= 0.3 is 7.60 Å². The fourth-order valence-electron chi connectivity index (χ4n) is 9.40. The molecule has 0 saturated carbocycles. The third-order valence-electron chi connectivity index (χ3n) is 13.7. The summed E-state index contributed by atoms with van der Waals surface area (Å²) in [7, 11) is -3.37. The van der Waals surface area contributed by atoms with E-state index in [0.717, 1.165) is 42.4 Å². The van der Waals surface area contributed by atoms with Gasteiger partial charge < -0.3 is 14.2 Å². The first-order chi connectivity index (χ1) is 30.8. The molecule has 0 bridgehead atoms. The molecule has 0 atom stereocenters. The molecule has 5 heteroatoms. The molecule has 0 heterocycles. The minimum atomic E-state index is -3.37. The molecular formula is C59H113O4P. The maximum Gasteiger partial charge on any atom is 0.335 e. The van der Waals surface area contributed by atoms with E-state index in [1.54, 1.807) is 0 Å². The number of hydrogen-bond donors (Lipinski definition) is 1. The largest absolute Gasteiger partial charge is 0.507 e. The summed E-state index contributed by atoms with van der Waals surface area (Å²) in [6.45, 7) is 18.3. The topological polar surface area (TPSA) is 55.8 Å². The lowest BCUT2D eigenvalue weighted by molar-refractivity contribution is 0.196. The molecule has 0 saturated heterocycles. The van der Waals surface area contributed by atoms with Crippen LogP contribution < -0.4 is 0 Å². The highest BCUT2D eigenvalue weighted by Crippen LogP contribution is 2.53. The van der Waals surface area contributed by atoms with Crippen LogP contribution in [0.3, 0.4) is 0 Å². The van der Waals surface area contributed by atoms with Crippen LogP contribution in [0, 0.1) is 0 Å². The fourth-order valence-corrected chi connectivity index (χ4v) is 11.1. The Labute approximate surface area is 401 Å². The number of benzene rings is 1. The van der Waals surface area contributed by atoms with Gasteiger partial charge in [-0.3, -0.25) is 4.57 Å². The highest BCUT2D eigenvalue weighted by Gasteiger charge is 2.30. The predicted molar refractivity (Wildman–Crippen MR) is 285 cm³/mol. The van der Waals surface area contributed by atoms with E-state index in [1.807, 2.05) is 12.1 Å². The second kappa shape index (κ2) is 40.1. The minimum Gasteiger partial charge on any atom is -0.507 e. The van der Waals surface area contributed by atoms with Gasteiger partial charge in [-0.1, -0.05) is 312 Å². The van der Waals surface area contributed by atoms with Crippen LogP contribution in [0.25, 0.3) is 0 Å². The van der Waals surface area contributed by atoms with E-state index in [1.165, 1.54) is 231 Å². The van der Waals surface area contributed by atoms with Crippen LogP contribution in [-0.2, 0) is 30.6 Å². The van der Waals surface area contributed by atoms with Gasteiger partial charge in [0.1, 0.15) is 5.75 Å². The second-order valence-electron chi connectivity index (χ2n) is 22.4. The van der Waals surface area contributed by atoms with Crippen molar-refractivity contribution in [1.82, 2.24) is 0 Å². The maximum atomic E-state index is 14.5. The average molecular weight is 918 g/mol. The van der Waals surface area contributed by atoms with Crippen LogP contribution in [0.4, 0.5) is 0 Å². The zero-order valence-electron chi connectivity index (χ0n) is 44.7. The third-order valence-corrected chi connectivity index (χ3v) is 15.6. The number of aromatic hydroxyl groups is 1. The van der Waals surface area contributed by atoms with Crippen LogP contribution in [0.5, 0.6) is 5.75 Å². The van der Waals surface area contributed by atoms with E-state index < -0.39 is 7.60 Å². The Morgan fingerprint density at radius 2 is 0.578 bits per heavy atom. The number of phenolic OH excluding ortho intramolecular Hbond substituents is 1. The third kappa shape index (κ3) is 34.5. The summed E-state index contributed by atoms with van der Waals surface area (Å²) in [5.74, 6) is 0.356. The van der Waals surface area contributed by atoms with Gasteiger partial charge in [-0.05, 0) is 40.4 Å². The molecule has 1 N–H and O–H groups in total. The standard InChI is InChI=1S/C59H113O4P/c1-9-11-13-15-17-19-21-23-25-27-29-31-33-35-37-39-41-43-45-47-49-62-64(61,53-54-51-55(58(3,4)5)57(60)56(52-54)59(6,7)8)63-50-48-46-44-42-40-38-36-34-32-30-28-26-24-22-20-18-16-14-12-10-2/h51-52,60H,9-50,53H2,1-8H3. The summed E-state index contributed by atoms with van der Waals surface area (Å²) < 4.78 is 27.0. The highest BCUT2D eigenvalue weighted by atomic mass is 31.2. The Balaban J connectivity index is 2.37. The number of hydrogen-bond acceptors (Lipinski definition) is 4. The zero-order chi connectivity index (χ0) is 47.0. The first-order valence-corrected chi connectivity index (χ1v) is 30.3. The summed E-state index contributed by atoms with van der Waals surface area (Å²) in [6, 6.07) is 4.08. The Morgan fingerprint density at radius 3 is 0.781 bits per heavy atom. The molecule has 0 fully saturated rings. The molecule has 0 amide bonds. The van der Waals surface area contributed by atoms with Crippen molar-refractivity contribution in [3.8, 4) is 5.75 Å². The predicted octanol–water partition coefficient (Wildman–Crippen LogP) is 21.4. The van der Waals surface area contributed by atoms with E-state index in [0.29, 0.717) is 19.0 Å². The molecular weight excluding hydrogens is 804 g/mol. The zero-order valence-corrected chi connectivity index (χ0v) is 45.6. The van der Waals surface area contributed by atoms with E-state index in [4.69, 9.17) is 9.05 Å². The molecule has 64 heavy (non-hydrogen) atoms. The van der Waals surface area contributed by atoms with Crippen LogP contribution in [0.2, 0.25) is 0 Å². The van der Waals surface area contributed by atoms with Gasteiger partial charge in [0.2, 0.25) is 0 Å². The first kappa shape index (κ1) is 61.2. The minimum absolute atomic E-state index is 0.245. The molecule has 0 spiro atoms. The molecule has 0 aliphatic rings. The van der Waals surface area contributed by atoms with E-state index >= 15 is 0 Å². The van der Waals surface area contributed by atoms with Crippen molar-refractivity contribution in [3.63, 3.8) is 0 Å². The molecule has 1 rings (SSSR count). The van der Waals surface area contributed by atoms with E-state index in [-0.39, 0.29) is 17.0 Å². The van der Waals surface area contributed by atoms with Crippen molar-refractivity contribution in [3.05, 3.63) is 28.8 Å². The van der Waals surface area contributed by atoms with Crippen molar-refractivity contribution >= 4 is 7.60 Å². The van der Waals surface area contributed by atoms with Gasteiger partial charge in [0.25, 0.3) is 0 Å². The van der Waals surface area contributed by atoms with Crippen LogP contribution in [0.1, 0.15) is 329 Å². The Hall–Kier alpha value is -0.830. The van der Waals surface area contributed by atoms with Gasteiger partial charge in [0.05, 0.1) is 19.4 Å². The summed E-state index contributed by atoms with van der Waals surface area (Å²) in [6.07, 6.45) is 54.5. The van der Waals surface area contributed by atoms with Gasteiger partial charge in [0, 0.05) is 0 Å². The summed E-state index contributed by atoms with van der Waals surface area (Å²) in [5, 5.41) is 11.3. The molecule has 0 aliphatic carbocycles. The average Bonchev–Trinajstić information content (AvgIpc) is 3.24. The molecule has 1 aromatic rings. The summed E-state index contributed by atoms with van der Waals surface area (Å²) >= 11 is 0. The highest BCUT2D eigenvalue weighted by molar-refractivity contribution is 7.53. The number of rotatable bonds is 46. The summed E-state index contributed by atoms with van der Waals surface area (Å²) in [5.41, 5.74) is 2.23. The Bertz CT molecular complexity index is 1140. The quantitative estimate of drug-likeness (QED) is 0.0523. The lowest BCUT2D eigenvalue weighted by Crippen LogP contribution is -2.18. The Kier molecular flexibility index (Phi) is 38.3. The van der Waals surface area contributed by atoms with Gasteiger partial charge in [-0.2, -0.15) is 0 Å². The fraction of sp³-hybridized carbons (Fsp3) is 0.898. The van der Waals surface area contributed by atoms with Gasteiger partial charge in [-0.15, -0.1) is 0 Å². The lowest BCUT2D eigenvalue weighted by atomic mass is 9.78. The molecule has 0 radical (unpaired) electrons. The van der Waals surface area contributed by atoms with Crippen LogP contribution in [0.15, 0.2) is 12.1 Å². The van der Waals surface area contributed by atoms with Crippen LogP contribution >= 0.6 is 7.60 Å². The van der Waals surface area contributed by atoms with E-state index in [9.17, 15) is 9.67 Å². The molecule has 0 unspecified atom stereocenters. The van der Waals surface area contributed by atoms with Crippen molar-refractivity contribution in [2.75, 3.05) is 13.2 Å². The summed E-state index contributed by atoms with van der Waals surface area (Å²) in [4.78, 5) is 0. The Morgan fingerprint density at radius 1 is 0.375 bits per heavy atom. The number of unbranched alkanes of at least 4 members (excludes halogenated alkanes) is 38. The molecule has 0 aromatic heterocycles. The lowest BCUT2D eigenvalue weighted by Gasteiger charge is -2.29. The van der Waals surface area contributed by atoms with E-state index in [2.05, 4.69) is 55.4 Å². The number of phenols is 1. The van der Waals surface area contributed by atoms with Gasteiger partial charge in [-0.25, -0.2) is 0 Å². The SMILES string of the molecule is CCCCCCCCCCCCCCCCCCCCCCOP(=O)(Cc1cc(C(C)(C)C)c(O)c(C(C)(C)C)c1)OCCCCCCCCCCCCCCCCCCCCCC. The monoisotopic (exact) mass is 917 g/mol. The first-order valence-electron chi connectivity index (χ1n) is 28.6. The van der Waals surface area contributed by atoms with Crippen LogP contribution in [-0.4, -0.2) is 18.3 Å². The smallest absolute Gasteiger partial charge is 0.335 e.